The van der Waals surface area contributed by atoms with Crippen molar-refractivity contribution < 1.29 is 4.74 Å². The van der Waals surface area contributed by atoms with Crippen molar-refractivity contribution in [3.05, 3.63) is 35.5 Å². The van der Waals surface area contributed by atoms with Crippen LogP contribution in [0.5, 0.6) is 5.75 Å². The van der Waals surface area contributed by atoms with Gasteiger partial charge in [0.05, 0.1) is 6.61 Å². The number of aryl methyl sites for hydroxylation is 1. The normalized spacial score (nSPS) is 11.1. The van der Waals surface area contributed by atoms with Crippen LogP contribution in [0.1, 0.15) is 18.1 Å². The van der Waals surface area contributed by atoms with E-state index in [0.29, 0.717) is 11.7 Å². The summed E-state index contributed by atoms with van der Waals surface area (Å²) in [5.41, 5.74) is 11.0. The Morgan fingerprint density at radius 1 is 1.26 bits per heavy atom. The van der Waals surface area contributed by atoms with Crippen molar-refractivity contribution in [1.29, 1.82) is 0 Å². The van der Waals surface area contributed by atoms with Crippen LogP contribution in [0.2, 0.25) is 0 Å². The predicted molar refractivity (Wildman–Crippen MR) is 95.9 cm³/mol. The van der Waals surface area contributed by atoms with E-state index in [0.717, 1.165) is 44.9 Å². The summed E-state index contributed by atoms with van der Waals surface area (Å²) in [6.07, 6.45) is 1.87. The highest BCUT2D eigenvalue weighted by Gasteiger charge is 2.12. The second-order valence-corrected chi connectivity index (χ2v) is 6.35. The van der Waals surface area contributed by atoms with Crippen LogP contribution in [0, 0.1) is 6.92 Å². The van der Waals surface area contributed by atoms with Gasteiger partial charge in [-0.25, -0.2) is 9.97 Å². The Morgan fingerprint density at radius 3 is 2.83 bits per heavy atom. The van der Waals surface area contributed by atoms with Gasteiger partial charge in [-0.3, -0.25) is 0 Å². The molecule has 0 amide bonds. The molecule has 3 N–H and O–H groups in total. The zero-order chi connectivity index (χ0) is 16.4. The number of nitrogens with two attached hydrogens (primary N) is 1. The highest BCUT2D eigenvalue weighted by Crippen LogP contribution is 2.32. The first-order valence-corrected chi connectivity index (χ1v) is 8.37. The van der Waals surface area contributed by atoms with Crippen LogP contribution >= 0.6 is 11.3 Å². The summed E-state index contributed by atoms with van der Waals surface area (Å²) in [5.74, 6) is 0.956. The zero-order valence-electron chi connectivity index (χ0n) is 13.5. The fourth-order valence-corrected chi connectivity index (χ4v) is 3.34. The molecule has 0 aliphatic heterocycles. The molecule has 1 aromatic carbocycles. The Hall–Kier alpha value is -2.18. The Kier molecular flexibility index (Phi) is 4.45. The third-order valence-corrected chi connectivity index (χ3v) is 4.41. The van der Waals surface area contributed by atoms with E-state index in [1.54, 1.807) is 0 Å². The molecule has 0 saturated heterocycles. The summed E-state index contributed by atoms with van der Waals surface area (Å²) in [5, 5.41) is 3.74. The highest BCUT2D eigenvalue weighted by atomic mass is 32.1. The van der Waals surface area contributed by atoms with Crippen LogP contribution in [-0.2, 0) is 6.54 Å². The molecule has 0 fully saturated rings. The summed E-state index contributed by atoms with van der Waals surface area (Å²) >= 11 is 1.41. The number of nitrogens with zero attached hydrogens (tertiary/aromatic N) is 2. The van der Waals surface area contributed by atoms with E-state index in [2.05, 4.69) is 34.3 Å². The van der Waals surface area contributed by atoms with Crippen LogP contribution in [0.15, 0.2) is 24.4 Å². The molecule has 0 saturated carbocycles. The van der Waals surface area contributed by atoms with Gasteiger partial charge in [-0.2, -0.15) is 0 Å². The van der Waals surface area contributed by atoms with E-state index < -0.39 is 0 Å². The molecule has 2 aromatic heterocycles. The summed E-state index contributed by atoms with van der Waals surface area (Å²) in [6.45, 7) is 5.48. The molecule has 0 spiro atoms. The first-order valence-electron chi connectivity index (χ1n) is 7.55. The van der Waals surface area contributed by atoms with E-state index in [1.807, 2.05) is 26.2 Å². The molecular formula is C17H20N4OS. The monoisotopic (exact) mass is 328 g/mol. The number of hydrogen-bond donors (Lipinski definition) is 2. The third kappa shape index (κ3) is 3.13. The average Bonchev–Trinajstić information content (AvgIpc) is 2.89. The van der Waals surface area contributed by atoms with Gasteiger partial charge < -0.3 is 15.8 Å². The zero-order valence-corrected chi connectivity index (χ0v) is 14.3. The maximum absolute atomic E-state index is 5.80. The summed E-state index contributed by atoms with van der Waals surface area (Å²) in [4.78, 5) is 9.66. The van der Waals surface area contributed by atoms with Crippen molar-refractivity contribution in [2.24, 2.45) is 0 Å². The minimum atomic E-state index is 0.545. The number of anilines is 1. The van der Waals surface area contributed by atoms with Crippen molar-refractivity contribution in [1.82, 2.24) is 15.3 Å². The van der Waals surface area contributed by atoms with Gasteiger partial charge in [0.25, 0.3) is 0 Å². The maximum atomic E-state index is 5.80. The second-order valence-electron chi connectivity index (χ2n) is 5.35. The summed E-state index contributed by atoms with van der Waals surface area (Å²) in [7, 11) is 1.93. The molecule has 6 heteroatoms. The van der Waals surface area contributed by atoms with Gasteiger partial charge in [-0.15, -0.1) is 0 Å². The topological polar surface area (TPSA) is 73.1 Å². The lowest BCUT2D eigenvalue weighted by Crippen LogP contribution is -2.08. The molecule has 0 aliphatic rings. The number of fused-ring (bicyclic) bond motifs is 1. The first kappa shape index (κ1) is 15.7. The van der Waals surface area contributed by atoms with Crippen molar-refractivity contribution in [2.45, 2.75) is 20.4 Å². The molecule has 0 bridgehead atoms. The number of thiazole rings is 1. The Labute approximate surface area is 139 Å². The van der Waals surface area contributed by atoms with E-state index >= 15 is 0 Å². The quantitative estimate of drug-likeness (QED) is 0.751. The number of aromatic nitrogens is 2. The fraction of sp³-hybridized carbons (Fsp3) is 0.294. The standard InChI is InChI=1S/C17H20N4OS/c1-4-22-15-10(2)5-11(6-13(15)8-19-3)12-7-14-16(20-9-12)23-17(18)21-14/h5-7,9,19H,4,8H2,1-3H3,(H2,18,21). The SMILES string of the molecule is CCOc1c(C)cc(-c2cnc3sc(N)nc3c2)cc1CNC. The maximum Gasteiger partial charge on any atom is 0.182 e. The molecule has 5 nitrogen and oxygen atoms in total. The van der Waals surface area contributed by atoms with Gasteiger partial charge in [0.2, 0.25) is 0 Å². The van der Waals surface area contributed by atoms with Crippen LogP contribution in [0.4, 0.5) is 5.13 Å². The van der Waals surface area contributed by atoms with Gasteiger partial charge in [0.15, 0.2) is 5.13 Å². The Balaban J connectivity index is 2.09. The smallest absolute Gasteiger partial charge is 0.182 e. The largest absolute Gasteiger partial charge is 0.493 e. The molecule has 2 heterocycles. The number of pyridine rings is 1. The Morgan fingerprint density at radius 2 is 2.09 bits per heavy atom. The van der Waals surface area contributed by atoms with Gasteiger partial charge in [0, 0.05) is 23.9 Å². The van der Waals surface area contributed by atoms with E-state index in [4.69, 9.17) is 10.5 Å². The number of ether oxygens (including phenoxy) is 1. The summed E-state index contributed by atoms with van der Waals surface area (Å²) in [6, 6.07) is 6.31. The van der Waals surface area contributed by atoms with Crippen LogP contribution in [0.3, 0.4) is 0 Å². The van der Waals surface area contributed by atoms with Gasteiger partial charge >= 0.3 is 0 Å². The number of nitrogen functional groups attached to an aromatic ring is 1. The average molecular weight is 328 g/mol. The van der Waals surface area contributed by atoms with Crippen LogP contribution < -0.4 is 15.8 Å². The molecule has 0 aliphatic carbocycles. The van der Waals surface area contributed by atoms with Gasteiger partial charge in [-0.05, 0) is 50.2 Å². The first-order chi connectivity index (χ1) is 11.1. The van der Waals surface area contributed by atoms with E-state index in [9.17, 15) is 0 Å². The van der Waals surface area contributed by atoms with Crippen molar-refractivity contribution in [2.75, 3.05) is 19.4 Å². The van der Waals surface area contributed by atoms with Gasteiger partial charge in [-0.1, -0.05) is 11.3 Å². The lowest BCUT2D eigenvalue weighted by Gasteiger charge is -2.15. The highest BCUT2D eigenvalue weighted by molar-refractivity contribution is 7.21. The third-order valence-electron chi connectivity index (χ3n) is 3.60. The molecule has 3 rings (SSSR count). The summed E-state index contributed by atoms with van der Waals surface area (Å²) < 4.78 is 5.80. The molecule has 23 heavy (non-hydrogen) atoms. The van der Waals surface area contributed by atoms with E-state index in [-0.39, 0.29) is 0 Å². The number of nitrogens with one attached hydrogen (secondary N) is 1. The molecule has 3 aromatic rings. The fourth-order valence-electron chi connectivity index (χ4n) is 2.68. The van der Waals surface area contributed by atoms with Crippen molar-refractivity contribution in [3.8, 4) is 16.9 Å². The molecule has 0 atom stereocenters. The predicted octanol–water partition coefficient (Wildman–Crippen LogP) is 3.37. The van der Waals surface area contributed by atoms with Crippen LogP contribution in [0.25, 0.3) is 21.5 Å². The molecule has 0 unspecified atom stereocenters. The second kappa shape index (κ2) is 6.52. The van der Waals surface area contributed by atoms with E-state index in [1.165, 1.54) is 11.3 Å². The lowest BCUT2D eigenvalue weighted by molar-refractivity contribution is 0.333. The van der Waals surface area contributed by atoms with Crippen LogP contribution in [-0.4, -0.2) is 23.6 Å². The van der Waals surface area contributed by atoms with Crippen molar-refractivity contribution >= 4 is 26.8 Å². The number of rotatable bonds is 5. The number of benzene rings is 1. The van der Waals surface area contributed by atoms with Gasteiger partial charge in [0.1, 0.15) is 16.1 Å². The molecule has 120 valence electrons. The molecular weight excluding hydrogens is 308 g/mol. The number of hydrogen-bond acceptors (Lipinski definition) is 6. The lowest BCUT2D eigenvalue weighted by atomic mass is 10.00. The Bertz CT molecular complexity index is 844. The minimum Gasteiger partial charge on any atom is -0.493 e. The minimum absolute atomic E-state index is 0.545. The molecule has 0 radical (unpaired) electrons. The van der Waals surface area contributed by atoms with Crippen molar-refractivity contribution in [3.63, 3.8) is 0 Å².